The van der Waals surface area contributed by atoms with Crippen LogP contribution in [0.1, 0.15) is 6.92 Å². The summed E-state index contributed by atoms with van der Waals surface area (Å²) < 4.78 is 4.33. The van der Waals surface area contributed by atoms with Crippen molar-refractivity contribution in [2.75, 3.05) is 13.7 Å². The van der Waals surface area contributed by atoms with Gasteiger partial charge in [0.05, 0.1) is 13.2 Å². The van der Waals surface area contributed by atoms with Gasteiger partial charge < -0.3 is 10.1 Å². The van der Waals surface area contributed by atoms with Crippen molar-refractivity contribution in [3.63, 3.8) is 0 Å². The average Bonchev–Trinajstić information content (AvgIpc) is 2.42. The number of esters is 1. The molecule has 1 saturated heterocycles. The molecule has 0 atom stereocenters. The number of rotatable bonds is 2. The number of urea groups is 1. The SMILES string of the molecule is CCN1C(=O)N/C(=C\C(=O)OC)C1=O. The molecule has 1 N–H and O–H groups in total. The molecule has 6 heteroatoms. The number of imide groups is 1. The summed E-state index contributed by atoms with van der Waals surface area (Å²) in [5, 5.41) is 2.27. The van der Waals surface area contributed by atoms with E-state index in [0.717, 1.165) is 11.0 Å². The van der Waals surface area contributed by atoms with E-state index in [0.29, 0.717) is 0 Å². The van der Waals surface area contributed by atoms with Gasteiger partial charge in [-0.3, -0.25) is 9.69 Å². The Morgan fingerprint density at radius 1 is 1.57 bits per heavy atom. The monoisotopic (exact) mass is 198 g/mol. The molecule has 1 aliphatic heterocycles. The third kappa shape index (κ3) is 1.73. The zero-order valence-electron chi connectivity index (χ0n) is 7.86. The number of nitrogens with zero attached hydrogens (tertiary/aromatic N) is 1. The molecule has 0 aromatic rings. The maximum Gasteiger partial charge on any atom is 0.332 e. The predicted octanol–water partition coefficient (Wildman–Crippen LogP) is -0.385. The van der Waals surface area contributed by atoms with Gasteiger partial charge in [-0.15, -0.1) is 0 Å². The summed E-state index contributed by atoms with van der Waals surface area (Å²) in [5.74, 6) is -1.19. The van der Waals surface area contributed by atoms with Gasteiger partial charge in [0, 0.05) is 6.54 Å². The molecule has 0 radical (unpaired) electrons. The highest BCUT2D eigenvalue weighted by Gasteiger charge is 2.32. The number of ether oxygens (including phenoxy) is 1. The molecule has 0 spiro atoms. The van der Waals surface area contributed by atoms with Crippen LogP contribution < -0.4 is 5.32 Å². The summed E-state index contributed by atoms with van der Waals surface area (Å²) in [6.45, 7) is 1.93. The smallest absolute Gasteiger partial charge is 0.332 e. The highest BCUT2D eigenvalue weighted by molar-refractivity contribution is 6.13. The third-order valence-electron chi connectivity index (χ3n) is 1.74. The number of hydrogen-bond acceptors (Lipinski definition) is 4. The van der Waals surface area contributed by atoms with Crippen LogP contribution >= 0.6 is 0 Å². The Labute approximate surface area is 80.5 Å². The second-order valence-corrected chi connectivity index (χ2v) is 2.56. The van der Waals surface area contributed by atoms with Crippen molar-refractivity contribution in [2.45, 2.75) is 6.92 Å². The second-order valence-electron chi connectivity index (χ2n) is 2.56. The van der Waals surface area contributed by atoms with E-state index in [2.05, 4.69) is 10.1 Å². The lowest BCUT2D eigenvalue weighted by Gasteiger charge is -2.05. The van der Waals surface area contributed by atoms with Crippen molar-refractivity contribution >= 4 is 17.9 Å². The highest BCUT2D eigenvalue weighted by atomic mass is 16.5. The summed E-state index contributed by atoms with van der Waals surface area (Å²) in [7, 11) is 1.19. The zero-order valence-corrected chi connectivity index (χ0v) is 7.86. The first kappa shape index (κ1) is 10.2. The molecule has 1 heterocycles. The van der Waals surface area contributed by atoms with E-state index < -0.39 is 17.9 Å². The molecule has 3 amide bonds. The van der Waals surface area contributed by atoms with Gasteiger partial charge in [-0.2, -0.15) is 0 Å². The minimum Gasteiger partial charge on any atom is -0.466 e. The fourth-order valence-electron chi connectivity index (χ4n) is 1.04. The van der Waals surface area contributed by atoms with Crippen LogP contribution in [0.4, 0.5) is 4.79 Å². The van der Waals surface area contributed by atoms with Crippen LogP contribution in [-0.2, 0) is 14.3 Å². The number of likely N-dealkylation sites (N-methyl/N-ethyl adjacent to an activating group) is 1. The van der Waals surface area contributed by atoms with Crippen molar-refractivity contribution in [1.29, 1.82) is 0 Å². The number of carbonyl (C=O) groups is 3. The van der Waals surface area contributed by atoms with Gasteiger partial charge in [0.2, 0.25) is 0 Å². The maximum atomic E-state index is 11.4. The molecule has 1 fully saturated rings. The largest absolute Gasteiger partial charge is 0.466 e. The van der Waals surface area contributed by atoms with Crippen LogP contribution in [0, 0.1) is 0 Å². The maximum absolute atomic E-state index is 11.4. The number of nitrogens with one attached hydrogen (secondary N) is 1. The molecule has 76 valence electrons. The number of methoxy groups -OCH3 is 1. The van der Waals surface area contributed by atoms with E-state index in [9.17, 15) is 14.4 Å². The van der Waals surface area contributed by atoms with E-state index in [1.165, 1.54) is 7.11 Å². The van der Waals surface area contributed by atoms with Gasteiger partial charge in [-0.05, 0) is 6.92 Å². The number of amides is 3. The van der Waals surface area contributed by atoms with Gasteiger partial charge in [-0.1, -0.05) is 0 Å². The Balaban J connectivity index is 2.86. The van der Waals surface area contributed by atoms with Crippen molar-refractivity contribution in [3.05, 3.63) is 11.8 Å². The predicted molar refractivity (Wildman–Crippen MR) is 46.0 cm³/mol. The van der Waals surface area contributed by atoms with Crippen molar-refractivity contribution in [2.24, 2.45) is 0 Å². The number of carbonyl (C=O) groups excluding carboxylic acids is 3. The summed E-state index contributed by atoms with van der Waals surface area (Å²) in [4.78, 5) is 34.3. The molecule has 14 heavy (non-hydrogen) atoms. The fraction of sp³-hybridized carbons (Fsp3) is 0.375. The van der Waals surface area contributed by atoms with Gasteiger partial charge in [0.25, 0.3) is 5.91 Å². The lowest BCUT2D eigenvalue weighted by molar-refractivity contribution is -0.135. The molecule has 6 nitrogen and oxygen atoms in total. The van der Waals surface area contributed by atoms with Crippen molar-refractivity contribution < 1.29 is 19.1 Å². The van der Waals surface area contributed by atoms with Gasteiger partial charge in [-0.25, -0.2) is 9.59 Å². The minimum atomic E-state index is -0.674. The Bertz CT molecular complexity index is 321. The summed E-state index contributed by atoms with van der Waals surface area (Å²) in [6, 6.07) is -0.521. The molecule has 0 saturated carbocycles. The van der Waals surface area contributed by atoms with Crippen LogP contribution in [0.5, 0.6) is 0 Å². The Hall–Kier alpha value is -1.85. The molecule has 0 aliphatic carbocycles. The first-order valence-corrected chi connectivity index (χ1v) is 4.02. The second kappa shape index (κ2) is 3.91. The molecule has 1 aliphatic rings. The quantitative estimate of drug-likeness (QED) is 0.372. The molecule has 0 bridgehead atoms. The first-order valence-electron chi connectivity index (χ1n) is 4.02. The molecule has 1 rings (SSSR count). The van der Waals surface area contributed by atoms with Crippen LogP contribution in [0.15, 0.2) is 11.8 Å². The van der Waals surface area contributed by atoms with Crippen LogP contribution in [0.2, 0.25) is 0 Å². The van der Waals surface area contributed by atoms with Gasteiger partial charge >= 0.3 is 12.0 Å². The number of hydrogen-bond donors (Lipinski definition) is 1. The van der Waals surface area contributed by atoms with Gasteiger partial charge in [0.15, 0.2) is 0 Å². The van der Waals surface area contributed by atoms with E-state index in [1.54, 1.807) is 6.92 Å². The normalized spacial score (nSPS) is 18.7. The van der Waals surface area contributed by atoms with E-state index in [-0.39, 0.29) is 12.2 Å². The Kier molecular flexibility index (Phi) is 2.85. The minimum absolute atomic E-state index is 0.0521. The van der Waals surface area contributed by atoms with Crippen molar-refractivity contribution in [3.8, 4) is 0 Å². The van der Waals surface area contributed by atoms with E-state index in [4.69, 9.17) is 0 Å². The topological polar surface area (TPSA) is 75.7 Å². The van der Waals surface area contributed by atoms with Crippen LogP contribution in [-0.4, -0.2) is 36.5 Å². The van der Waals surface area contributed by atoms with Crippen molar-refractivity contribution in [1.82, 2.24) is 10.2 Å². The van der Waals surface area contributed by atoms with Crippen LogP contribution in [0.25, 0.3) is 0 Å². The third-order valence-corrected chi connectivity index (χ3v) is 1.74. The zero-order chi connectivity index (χ0) is 10.7. The Morgan fingerprint density at radius 2 is 2.21 bits per heavy atom. The van der Waals surface area contributed by atoms with E-state index in [1.807, 2.05) is 0 Å². The molecular weight excluding hydrogens is 188 g/mol. The lowest BCUT2D eigenvalue weighted by atomic mass is 10.4. The Morgan fingerprint density at radius 3 is 2.64 bits per heavy atom. The molecule has 0 unspecified atom stereocenters. The molecular formula is C8H10N2O4. The molecule has 0 aromatic heterocycles. The van der Waals surface area contributed by atoms with Gasteiger partial charge in [0.1, 0.15) is 5.70 Å². The summed E-state index contributed by atoms with van der Waals surface area (Å²) >= 11 is 0. The first-order chi connectivity index (χ1) is 6.60. The van der Waals surface area contributed by atoms with E-state index >= 15 is 0 Å². The highest BCUT2D eigenvalue weighted by Crippen LogP contribution is 2.08. The average molecular weight is 198 g/mol. The lowest BCUT2D eigenvalue weighted by Crippen LogP contribution is -2.30. The standard InChI is InChI=1S/C8H10N2O4/c1-3-10-7(12)5(9-8(10)13)4-6(11)14-2/h4H,3H2,1-2H3,(H,9,13)/b5-4-. The summed E-state index contributed by atoms with van der Waals surface area (Å²) in [5.41, 5.74) is -0.0521. The summed E-state index contributed by atoms with van der Waals surface area (Å²) in [6.07, 6.45) is 0.954. The van der Waals surface area contributed by atoms with Crippen LogP contribution in [0.3, 0.4) is 0 Å². The fourth-order valence-corrected chi connectivity index (χ4v) is 1.04. The molecule has 0 aromatic carbocycles.